The maximum absolute atomic E-state index is 12.1. The fourth-order valence-electron chi connectivity index (χ4n) is 1.73. The predicted molar refractivity (Wildman–Crippen MR) is 78.7 cm³/mol. The summed E-state index contributed by atoms with van der Waals surface area (Å²) < 4.78 is 35.2. The number of amides is 2. The zero-order chi connectivity index (χ0) is 17.9. The lowest BCUT2D eigenvalue weighted by atomic mass is 10.3. The Morgan fingerprint density at radius 1 is 1.17 bits per heavy atom. The molecular weight excluding hydrogens is 342 g/mol. The summed E-state index contributed by atoms with van der Waals surface area (Å²) in [5, 5.41) is 1.41. The van der Waals surface area contributed by atoms with Crippen molar-refractivity contribution in [3.8, 4) is 0 Å². The van der Waals surface area contributed by atoms with E-state index < -0.39 is 27.1 Å². The van der Waals surface area contributed by atoms with Gasteiger partial charge in [0.15, 0.2) is 0 Å². The van der Waals surface area contributed by atoms with Crippen LogP contribution in [0.3, 0.4) is 0 Å². The van der Waals surface area contributed by atoms with Gasteiger partial charge in [0.05, 0.1) is 13.4 Å². The van der Waals surface area contributed by atoms with E-state index in [0.29, 0.717) is 11.6 Å². The van der Waals surface area contributed by atoms with Crippen LogP contribution in [-0.4, -0.2) is 42.5 Å². The standard InChI is InChI=1S/C12H13N5O6S/c1-6-13-7(2)15-11(14-6)16-12(19)17-24(20,21)10-8(4-5-23-10)9(18)22-3/h4-5H,1-3H3,(H2,13,14,15,16,17,19). The summed E-state index contributed by atoms with van der Waals surface area (Å²) in [6, 6.07) is -0.0241. The van der Waals surface area contributed by atoms with Crippen molar-refractivity contribution in [2.75, 3.05) is 12.4 Å². The first-order valence-corrected chi connectivity index (χ1v) is 7.90. The highest BCUT2D eigenvalue weighted by molar-refractivity contribution is 7.90. The number of rotatable bonds is 4. The smallest absolute Gasteiger partial charge is 0.342 e. The van der Waals surface area contributed by atoms with E-state index in [1.807, 2.05) is 0 Å². The van der Waals surface area contributed by atoms with Crippen molar-refractivity contribution in [3.05, 3.63) is 29.5 Å². The summed E-state index contributed by atoms with van der Waals surface area (Å²) in [7, 11) is -3.36. The molecule has 0 aliphatic heterocycles. The fourth-order valence-corrected chi connectivity index (χ4v) is 2.74. The largest absolute Gasteiger partial charge is 0.465 e. The second kappa shape index (κ2) is 6.62. The molecule has 0 aliphatic carbocycles. The van der Waals surface area contributed by atoms with E-state index in [1.165, 1.54) is 0 Å². The number of hydrogen-bond donors (Lipinski definition) is 2. The Bertz CT molecular complexity index is 871. The molecule has 0 aromatic carbocycles. The number of hydrogen-bond acceptors (Lipinski definition) is 9. The Labute approximate surface area is 136 Å². The first kappa shape index (κ1) is 17.3. The van der Waals surface area contributed by atoms with E-state index in [1.54, 1.807) is 18.6 Å². The highest BCUT2D eigenvalue weighted by atomic mass is 32.2. The monoisotopic (exact) mass is 355 g/mol. The number of urea groups is 1. The van der Waals surface area contributed by atoms with E-state index in [0.717, 1.165) is 19.4 Å². The number of nitrogens with one attached hydrogen (secondary N) is 2. The molecular formula is C12H13N5O6S. The Morgan fingerprint density at radius 2 is 1.79 bits per heavy atom. The van der Waals surface area contributed by atoms with Gasteiger partial charge in [-0.15, -0.1) is 0 Å². The number of furan rings is 1. The fraction of sp³-hybridized carbons (Fsp3) is 0.250. The van der Waals surface area contributed by atoms with Crippen molar-refractivity contribution < 1.29 is 27.2 Å². The number of aryl methyl sites for hydroxylation is 2. The summed E-state index contributed by atoms with van der Waals surface area (Å²) in [5.41, 5.74) is -0.343. The Kier molecular flexibility index (Phi) is 4.78. The molecule has 0 atom stereocenters. The second-order valence-corrected chi connectivity index (χ2v) is 6.01. The van der Waals surface area contributed by atoms with Gasteiger partial charge in [-0.2, -0.15) is 18.4 Å². The minimum absolute atomic E-state index is 0.125. The van der Waals surface area contributed by atoms with Gasteiger partial charge in [-0.1, -0.05) is 0 Å². The molecule has 0 saturated heterocycles. The van der Waals surface area contributed by atoms with Crippen LogP contribution in [0, 0.1) is 13.8 Å². The molecule has 2 heterocycles. The lowest BCUT2D eigenvalue weighted by molar-refractivity contribution is 0.0593. The summed E-state index contributed by atoms with van der Waals surface area (Å²) in [4.78, 5) is 34.9. The molecule has 12 heteroatoms. The first-order valence-electron chi connectivity index (χ1n) is 6.42. The molecule has 128 valence electrons. The number of sulfonamides is 1. The second-order valence-electron chi connectivity index (χ2n) is 4.43. The van der Waals surface area contributed by atoms with E-state index in [-0.39, 0.29) is 11.5 Å². The number of nitrogens with zero attached hydrogens (tertiary/aromatic N) is 3. The lowest BCUT2D eigenvalue weighted by Gasteiger charge is -2.07. The van der Waals surface area contributed by atoms with E-state index in [4.69, 9.17) is 4.42 Å². The molecule has 2 amide bonds. The van der Waals surface area contributed by atoms with Crippen LogP contribution in [0.15, 0.2) is 21.8 Å². The lowest BCUT2D eigenvalue weighted by Crippen LogP contribution is -2.35. The van der Waals surface area contributed by atoms with Gasteiger partial charge >= 0.3 is 12.0 Å². The molecule has 2 N–H and O–H groups in total. The van der Waals surface area contributed by atoms with E-state index in [2.05, 4.69) is 25.0 Å². The molecule has 2 rings (SSSR count). The van der Waals surface area contributed by atoms with Crippen LogP contribution in [0.1, 0.15) is 22.0 Å². The molecule has 0 radical (unpaired) electrons. The zero-order valence-electron chi connectivity index (χ0n) is 12.9. The van der Waals surface area contributed by atoms with Gasteiger partial charge in [0.1, 0.15) is 17.2 Å². The summed E-state index contributed by atoms with van der Waals surface area (Å²) in [5.74, 6) is -0.354. The Balaban J connectivity index is 2.19. The number of carbonyl (C=O) groups excluding carboxylic acids is 2. The Morgan fingerprint density at radius 3 is 2.38 bits per heavy atom. The van der Waals surface area contributed by atoms with Gasteiger partial charge in [0.2, 0.25) is 5.95 Å². The summed E-state index contributed by atoms with van der Waals surface area (Å²) in [6.07, 6.45) is 0.984. The van der Waals surface area contributed by atoms with Gasteiger partial charge < -0.3 is 9.15 Å². The Hall–Kier alpha value is -3.02. The third kappa shape index (κ3) is 3.84. The maximum Gasteiger partial charge on any atom is 0.342 e. The van der Waals surface area contributed by atoms with Gasteiger partial charge in [-0.25, -0.2) is 19.3 Å². The van der Waals surface area contributed by atoms with Crippen LogP contribution in [-0.2, 0) is 14.8 Å². The van der Waals surface area contributed by atoms with Crippen molar-refractivity contribution in [1.29, 1.82) is 0 Å². The molecule has 11 nitrogen and oxygen atoms in total. The van der Waals surface area contributed by atoms with Gasteiger partial charge in [0.25, 0.3) is 15.1 Å². The SMILES string of the molecule is COC(=O)c1ccoc1S(=O)(=O)NC(=O)Nc1nc(C)nc(C)n1. The average molecular weight is 355 g/mol. The zero-order valence-corrected chi connectivity index (χ0v) is 13.7. The predicted octanol–water partition coefficient (Wildman–Crippen LogP) is 0.378. The first-order chi connectivity index (χ1) is 11.2. The number of ether oxygens (including phenoxy) is 1. The number of aromatic nitrogens is 3. The molecule has 0 fully saturated rings. The van der Waals surface area contributed by atoms with E-state index >= 15 is 0 Å². The maximum atomic E-state index is 12.1. The van der Waals surface area contributed by atoms with Crippen LogP contribution < -0.4 is 10.0 Å². The van der Waals surface area contributed by atoms with Crippen LogP contribution in [0.5, 0.6) is 0 Å². The van der Waals surface area contributed by atoms with Gasteiger partial charge in [-0.05, 0) is 19.9 Å². The number of anilines is 1. The van der Waals surface area contributed by atoms with Crippen molar-refractivity contribution >= 4 is 28.0 Å². The van der Waals surface area contributed by atoms with Crippen molar-refractivity contribution in [2.24, 2.45) is 0 Å². The summed E-state index contributed by atoms with van der Waals surface area (Å²) in [6.45, 7) is 3.17. The quantitative estimate of drug-likeness (QED) is 0.741. The topological polar surface area (TPSA) is 153 Å². The molecule has 2 aromatic rings. The van der Waals surface area contributed by atoms with Crippen molar-refractivity contribution in [2.45, 2.75) is 18.9 Å². The number of methoxy groups -OCH3 is 1. The minimum Gasteiger partial charge on any atom is -0.465 e. The number of esters is 1. The third-order valence-corrected chi connectivity index (χ3v) is 3.85. The molecule has 0 spiro atoms. The van der Waals surface area contributed by atoms with Crippen LogP contribution >= 0.6 is 0 Å². The van der Waals surface area contributed by atoms with E-state index in [9.17, 15) is 18.0 Å². The highest BCUT2D eigenvalue weighted by Gasteiger charge is 2.29. The van der Waals surface area contributed by atoms with Gasteiger partial charge in [0, 0.05) is 0 Å². The molecule has 24 heavy (non-hydrogen) atoms. The molecule has 2 aromatic heterocycles. The third-order valence-electron chi connectivity index (χ3n) is 2.59. The average Bonchev–Trinajstić information content (AvgIpc) is 2.94. The van der Waals surface area contributed by atoms with Crippen LogP contribution in [0.2, 0.25) is 0 Å². The van der Waals surface area contributed by atoms with Crippen LogP contribution in [0.25, 0.3) is 0 Å². The molecule has 0 bridgehead atoms. The minimum atomic E-state index is -4.44. The van der Waals surface area contributed by atoms with Crippen molar-refractivity contribution in [1.82, 2.24) is 19.7 Å². The number of carbonyl (C=O) groups is 2. The molecule has 0 aliphatic rings. The molecule has 0 saturated carbocycles. The van der Waals surface area contributed by atoms with Gasteiger partial charge in [-0.3, -0.25) is 5.32 Å². The van der Waals surface area contributed by atoms with Crippen molar-refractivity contribution in [3.63, 3.8) is 0 Å². The van der Waals surface area contributed by atoms with Crippen LogP contribution in [0.4, 0.5) is 10.7 Å². The normalized spacial score (nSPS) is 11.0. The molecule has 0 unspecified atom stereocenters. The highest BCUT2D eigenvalue weighted by Crippen LogP contribution is 2.17. The summed E-state index contributed by atoms with van der Waals surface area (Å²) >= 11 is 0.